The zero-order valence-corrected chi connectivity index (χ0v) is 12.0. The molecule has 0 aliphatic rings. The summed E-state index contributed by atoms with van der Waals surface area (Å²) in [5.74, 6) is 1.62. The maximum absolute atomic E-state index is 8.98. The number of aliphatic hydroxyl groups is 1. The summed E-state index contributed by atoms with van der Waals surface area (Å²) in [4.78, 5) is 8.37. The lowest BCUT2D eigenvalue weighted by atomic mass is 10.2. The molecule has 0 saturated carbocycles. The monoisotopic (exact) mass is 323 g/mol. The minimum absolute atomic E-state index is 0.0159. The number of ether oxygens (including phenoxy) is 1. The van der Waals surface area contributed by atoms with E-state index >= 15 is 0 Å². The van der Waals surface area contributed by atoms with Crippen molar-refractivity contribution in [1.82, 2.24) is 9.97 Å². The van der Waals surface area contributed by atoms with Gasteiger partial charge in [-0.1, -0.05) is 12.1 Å². The van der Waals surface area contributed by atoms with E-state index in [2.05, 4.69) is 31.2 Å². The lowest BCUT2D eigenvalue weighted by Crippen LogP contribution is -2.03. The number of benzene rings is 1. The molecular weight excluding hydrogens is 310 g/mol. The van der Waals surface area contributed by atoms with Gasteiger partial charge in [0.1, 0.15) is 5.75 Å². The predicted octanol–water partition coefficient (Wildman–Crippen LogP) is 2.96. The van der Waals surface area contributed by atoms with E-state index in [9.17, 15) is 0 Å². The predicted molar refractivity (Wildman–Crippen MR) is 76.3 cm³/mol. The highest BCUT2D eigenvalue weighted by Crippen LogP contribution is 2.27. The van der Waals surface area contributed by atoms with Gasteiger partial charge in [0.2, 0.25) is 11.8 Å². The summed E-state index contributed by atoms with van der Waals surface area (Å²) in [6, 6.07) is 7.17. The van der Waals surface area contributed by atoms with Gasteiger partial charge in [-0.3, -0.25) is 0 Å². The molecular formula is C13H14BrN3O2. The van der Waals surface area contributed by atoms with Gasteiger partial charge in [0.15, 0.2) is 0 Å². The Morgan fingerprint density at radius 2 is 2.05 bits per heavy atom. The Bertz CT molecular complexity index is 546. The molecule has 0 atom stereocenters. The van der Waals surface area contributed by atoms with Crippen molar-refractivity contribution in [3.05, 3.63) is 40.5 Å². The molecule has 5 nitrogen and oxygen atoms in total. The molecule has 0 radical (unpaired) electrons. The van der Waals surface area contributed by atoms with Crippen molar-refractivity contribution in [2.45, 2.75) is 13.5 Å². The van der Waals surface area contributed by atoms with Crippen molar-refractivity contribution < 1.29 is 9.84 Å². The molecule has 0 fully saturated rings. The summed E-state index contributed by atoms with van der Waals surface area (Å²) in [5.41, 5.74) is 0.836. The van der Waals surface area contributed by atoms with Crippen LogP contribution >= 0.6 is 15.9 Å². The molecule has 2 aromatic rings. The van der Waals surface area contributed by atoms with Gasteiger partial charge < -0.3 is 15.2 Å². The number of nitrogens with zero attached hydrogens (tertiary/aromatic N) is 2. The van der Waals surface area contributed by atoms with Gasteiger partial charge in [0.25, 0.3) is 0 Å². The minimum atomic E-state index is 0.0159. The maximum atomic E-state index is 8.98. The summed E-state index contributed by atoms with van der Waals surface area (Å²) in [7, 11) is 0. The van der Waals surface area contributed by atoms with E-state index in [1.54, 1.807) is 30.5 Å². The van der Waals surface area contributed by atoms with Crippen molar-refractivity contribution in [2.24, 2.45) is 0 Å². The highest BCUT2D eigenvalue weighted by atomic mass is 79.9. The van der Waals surface area contributed by atoms with Crippen molar-refractivity contribution in [1.29, 1.82) is 0 Å². The number of hydrogen-bond acceptors (Lipinski definition) is 5. The molecule has 19 heavy (non-hydrogen) atoms. The van der Waals surface area contributed by atoms with Gasteiger partial charge in [0, 0.05) is 6.54 Å². The van der Waals surface area contributed by atoms with E-state index in [4.69, 9.17) is 9.84 Å². The highest BCUT2D eigenvalue weighted by molar-refractivity contribution is 9.10. The molecule has 0 amide bonds. The zero-order valence-electron chi connectivity index (χ0n) is 10.4. The second-order valence-electron chi connectivity index (χ2n) is 3.78. The first kappa shape index (κ1) is 13.8. The Morgan fingerprint density at radius 1 is 1.32 bits per heavy atom. The molecule has 2 rings (SSSR count). The second-order valence-corrected chi connectivity index (χ2v) is 4.64. The first-order valence-corrected chi connectivity index (χ1v) is 6.66. The standard InChI is InChI=1S/C13H14BrN3O2/c1-2-15-13-16-7-11(14)12(17-13)19-10-5-3-9(8-18)4-6-10/h3-7,18H,2,8H2,1H3,(H,15,16,17). The largest absolute Gasteiger partial charge is 0.438 e. The van der Waals surface area contributed by atoms with Crippen LogP contribution in [0, 0.1) is 0 Å². The third kappa shape index (κ3) is 3.65. The van der Waals surface area contributed by atoms with Gasteiger partial charge >= 0.3 is 0 Å². The van der Waals surface area contributed by atoms with Crippen LogP contribution in [0.15, 0.2) is 34.9 Å². The summed E-state index contributed by atoms with van der Waals surface area (Å²) >= 11 is 3.35. The van der Waals surface area contributed by atoms with Crippen LogP contribution in [-0.4, -0.2) is 21.6 Å². The Kier molecular flexibility index (Phi) is 4.70. The van der Waals surface area contributed by atoms with Crippen LogP contribution in [0.3, 0.4) is 0 Å². The SMILES string of the molecule is CCNc1ncc(Br)c(Oc2ccc(CO)cc2)n1. The third-order valence-corrected chi connectivity index (χ3v) is 2.91. The summed E-state index contributed by atoms with van der Waals surface area (Å²) in [6.45, 7) is 2.73. The van der Waals surface area contributed by atoms with Crippen LogP contribution in [0.5, 0.6) is 11.6 Å². The van der Waals surface area contributed by atoms with E-state index in [1.165, 1.54) is 0 Å². The van der Waals surface area contributed by atoms with E-state index < -0.39 is 0 Å². The average molecular weight is 324 g/mol. The molecule has 0 aliphatic heterocycles. The topological polar surface area (TPSA) is 67.3 Å². The van der Waals surface area contributed by atoms with Gasteiger partial charge in [-0.15, -0.1) is 0 Å². The van der Waals surface area contributed by atoms with Crippen molar-refractivity contribution in [3.63, 3.8) is 0 Å². The Balaban J connectivity index is 2.18. The first-order valence-electron chi connectivity index (χ1n) is 5.87. The fourth-order valence-electron chi connectivity index (χ4n) is 1.44. The van der Waals surface area contributed by atoms with Crippen LogP contribution in [0.2, 0.25) is 0 Å². The molecule has 0 unspecified atom stereocenters. The van der Waals surface area contributed by atoms with E-state index in [0.717, 1.165) is 12.1 Å². The maximum Gasteiger partial charge on any atom is 0.238 e. The zero-order chi connectivity index (χ0) is 13.7. The van der Waals surface area contributed by atoms with Crippen LogP contribution < -0.4 is 10.1 Å². The fourth-order valence-corrected chi connectivity index (χ4v) is 1.71. The van der Waals surface area contributed by atoms with Crippen LogP contribution in [0.25, 0.3) is 0 Å². The molecule has 100 valence electrons. The van der Waals surface area contributed by atoms with E-state index in [1.807, 2.05) is 6.92 Å². The summed E-state index contributed by atoms with van der Waals surface area (Å²) < 4.78 is 6.36. The van der Waals surface area contributed by atoms with Gasteiger partial charge in [-0.2, -0.15) is 4.98 Å². The normalized spacial score (nSPS) is 10.3. The van der Waals surface area contributed by atoms with Gasteiger partial charge in [-0.25, -0.2) is 4.98 Å². The first-order chi connectivity index (χ1) is 9.22. The number of rotatable bonds is 5. The van der Waals surface area contributed by atoms with E-state index in [-0.39, 0.29) is 6.61 Å². The number of anilines is 1. The van der Waals surface area contributed by atoms with Gasteiger partial charge in [-0.05, 0) is 40.5 Å². The highest BCUT2D eigenvalue weighted by Gasteiger charge is 2.07. The molecule has 0 saturated heterocycles. The minimum Gasteiger partial charge on any atom is -0.438 e. The quantitative estimate of drug-likeness (QED) is 0.885. The molecule has 1 heterocycles. The van der Waals surface area contributed by atoms with Crippen molar-refractivity contribution >= 4 is 21.9 Å². The third-order valence-electron chi connectivity index (χ3n) is 2.37. The van der Waals surface area contributed by atoms with Crippen molar-refractivity contribution in [2.75, 3.05) is 11.9 Å². The van der Waals surface area contributed by atoms with Crippen molar-refractivity contribution in [3.8, 4) is 11.6 Å². The Labute approximate surface area is 119 Å². The number of hydrogen-bond donors (Lipinski definition) is 2. The number of aromatic nitrogens is 2. The van der Waals surface area contributed by atoms with Crippen LogP contribution in [0.4, 0.5) is 5.95 Å². The lowest BCUT2D eigenvalue weighted by molar-refractivity contribution is 0.281. The molecule has 1 aromatic carbocycles. The molecule has 2 N–H and O–H groups in total. The van der Waals surface area contributed by atoms with Gasteiger partial charge in [0.05, 0.1) is 17.3 Å². The summed E-state index contributed by atoms with van der Waals surface area (Å²) in [5, 5.41) is 12.0. The molecule has 0 bridgehead atoms. The second kappa shape index (κ2) is 6.49. The van der Waals surface area contributed by atoms with Crippen LogP contribution in [0.1, 0.15) is 12.5 Å². The number of halogens is 1. The lowest BCUT2D eigenvalue weighted by Gasteiger charge is -2.08. The number of nitrogens with one attached hydrogen (secondary N) is 1. The number of aliphatic hydroxyl groups excluding tert-OH is 1. The average Bonchev–Trinajstić information content (AvgIpc) is 2.44. The Morgan fingerprint density at radius 3 is 2.68 bits per heavy atom. The molecule has 1 aromatic heterocycles. The van der Waals surface area contributed by atoms with E-state index in [0.29, 0.717) is 22.1 Å². The molecule has 0 aliphatic carbocycles. The Hall–Kier alpha value is -1.66. The summed E-state index contributed by atoms with van der Waals surface area (Å²) in [6.07, 6.45) is 1.64. The van der Waals surface area contributed by atoms with Crippen LogP contribution in [-0.2, 0) is 6.61 Å². The molecule has 6 heteroatoms. The molecule has 0 spiro atoms. The fraction of sp³-hybridized carbons (Fsp3) is 0.231. The smallest absolute Gasteiger partial charge is 0.238 e.